The molecule has 1 aliphatic heterocycles. The molecule has 8 heteroatoms. The summed E-state index contributed by atoms with van der Waals surface area (Å²) in [7, 11) is 1.55. The van der Waals surface area contributed by atoms with Crippen molar-refractivity contribution in [2.45, 2.75) is 19.0 Å². The molecule has 2 amide bonds. The number of hydrogen-bond acceptors (Lipinski definition) is 3. The van der Waals surface area contributed by atoms with Crippen molar-refractivity contribution in [1.29, 1.82) is 0 Å². The lowest BCUT2D eigenvalue weighted by atomic mass is 9.96. The maximum absolute atomic E-state index is 12.9. The Kier molecular flexibility index (Phi) is 6.10. The summed E-state index contributed by atoms with van der Waals surface area (Å²) in [6.07, 6.45) is -3.31. The fraction of sp³-hybridized carbons (Fsp3) is 0.333. The van der Waals surface area contributed by atoms with E-state index in [2.05, 4.69) is 5.32 Å². The van der Waals surface area contributed by atoms with E-state index in [1.54, 1.807) is 31.4 Å². The third-order valence-corrected chi connectivity index (χ3v) is 4.87. The molecule has 29 heavy (non-hydrogen) atoms. The zero-order chi connectivity index (χ0) is 21.0. The Morgan fingerprint density at radius 3 is 2.52 bits per heavy atom. The molecule has 1 heterocycles. The molecule has 0 spiro atoms. The Morgan fingerprint density at radius 2 is 1.86 bits per heavy atom. The number of methoxy groups -OCH3 is 1. The van der Waals surface area contributed by atoms with Crippen LogP contribution in [0.4, 0.5) is 18.9 Å². The number of benzene rings is 2. The smallest absolute Gasteiger partial charge is 0.416 e. The molecular weight excluding hydrogens is 385 g/mol. The number of anilines is 1. The normalized spacial score (nSPS) is 17.0. The number of alkyl halides is 3. The molecule has 0 bridgehead atoms. The minimum absolute atomic E-state index is 0.0314. The zero-order valence-corrected chi connectivity index (χ0v) is 15.8. The second kappa shape index (κ2) is 8.55. The lowest BCUT2D eigenvalue weighted by Crippen LogP contribution is -2.43. The number of nitrogens with one attached hydrogen (secondary N) is 1. The highest BCUT2D eigenvalue weighted by atomic mass is 19.4. The molecule has 1 atom stereocenters. The predicted octanol–water partition coefficient (Wildman–Crippen LogP) is 4.20. The third-order valence-electron chi connectivity index (χ3n) is 4.87. The van der Waals surface area contributed by atoms with E-state index in [-0.39, 0.29) is 18.0 Å². The number of piperidine rings is 1. The topological polar surface area (TPSA) is 58.6 Å². The Morgan fingerprint density at radius 1 is 1.14 bits per heavy atom. The van der Waals surface area contributed by atoms with Crippen molar-refractivity contribution in [3.05, 3.63) is 59.7 Å². The molecule has 0 aliphatic carbocycles. The first-order valence-corrected chi connectivity index (χ1v) is 9.19. The van der Waals surface area contributed by atoms with Crippen LogP contribution in [-0.2, 0) is 11.0 Å². The molecule has 1 fully saturated rings. The van der Waals surface area contributed by atoms with E-state index < -0.39 is 23.6 Å². The summed E-state index contributed by atoms with van der Waals surface area (Å²) in [5.41, 5.74) is -0.290. The number of likely N-dealkylation sites (tertiary alicyclic amines) is 1. The third kappa shape index (κ3) is 5.07. The summed E-state index contributed by atoms with van der Waals surface area (Å²) >= 11 is 0. The van der Waals surface area contributed by atoms with Gasteiger partial charge in [-0.15, -0.1) is 0 Å². The summed E-state index contributed by atoms with van der Waals surface area (Å²) in [6, 6.07) is 11.2. The van der Waals surface area contributed by atoms with Crippen LogP contribution in [0.1, 0.15) is 28.8 Å². The molecule has 0 saturated carbocycles. The summed E-state index contributed by atoms with van der Waals surface area (Å²) in [4.78, 5) is 26.7. The van der Waals surface area contributed by atoms with Crippen molar-refractivity contribution in [3.8, 4) is 5.75 Å². The molecule has 0 unspecified atom stereocenters. The minimum Gasteiger partial charge on any atom is -0.497 e. The maximum Gasteiger partial charge on any atom is 0.416 e. The van der Waals surface area contributed by atoms with Gasteiger partial charge >= 0.3 is 6.18 Å². The minimum atomic E-state index is -4.51. The number of hydrogen-bond donors (Lipinski definition) is 1. The van der Waals surface area contributed by atoms with Crippen molar-refractivity contribution in [2.24, 2.45) is 5.92 Å². The van der Waals surface area contributed by atoms with Gasteiger partial charge in [0.05, 0.1) is 18.6 Å². The van der Waals surface area contributed by atoms with E-state index >= 15 is 0 Å². The van der Waals surface area contributed by atoms with Crippen molar-refractivity contribution < 1.29 is 27.5 Å². The Bertz CT molecular complexity index is 881. The second-order valence-corrected chi connectivity index (χ2v) is 6.89. The largest absolute Gasteiger partial charge is 0.497 e. The van der Waals surface area contributed by atoms with Crippen molar-refractivity contribution >= 4 is 17.5 Å². The van der Waals surface area contributed by atoms with E-state index in [9.17, 15) is 22.8 Å². The van der Waals surface area contributed by atoms with Gasteiger partial charge in [0.1, 0.15) is 5.75 Å². The number of rotatable bonds is 4. The van der Waals surface area contributed by atoms with Crippen LogP contribution in [-0.4, -0.2) is 36.9 Å². The van der Waals surface area contributed by atoms with Gasteiger partial charge in [0.25, 0.3) is 5.91 Å². The number of carbonyl (C=O) groups is 2. The van der Waals surface area contributed by atoms with E-state index in [1.807, 2.05) is 0 Å². The maximum atomic E-state index is 12.9. The van der Waals surface area contributed by atoms with Crippen LogP contribution in [0.5, 0.6) is 5.75 Å². The highest BCUT2D eigenvalue weighted by Crippen LogP contribution is 2.30. The molecule has 0 aromatic heterocycles. The van der Waals surface area contributed by atoms with Gasteiger partial charge < -0.3 is 15.0 Å². The van der Waals surface area contributed by atoms with Gasteiger partial charge in [-0.2, -0.15) is 13.2 Å². The fourth-order valence-corrected chi connectivity index (χ4v) is 3.31. The van der Waals surface area contributed by atoms with E-state index in [1.165, 1.54) is 17.0 Å². The Labute approximate surface area is 166 Å². The Balaban J connectivity index is 1.66. The SMILES string of the molecule is COc1ccc(NC(=O)[C@H]2CCCN(C(=O)c3cccc(C(F)(F)F)c3)C2)cc1. The molecular formula is C21H21F3N2O3. The fourth-order valence-electron chi connectivity index (χ4n) is 3.31. The number of nitrogens with zero attached hydrogens (tertiary/aromatic N) is 1. The summed E-state index contributed by atoms with van der Waals surface area (Å²) in [5.74, 6) is -0.492. The van der Waals surface area contributed by atoms with E-state index in [4.69, 9.17) is 4.74 Å². The summed E-state index contributed by atoms with van der Waals surface area (Å²) < 4.78 is 43.8. The average molecular weight is 406 g/mol. The van der Waals surface area contributed by atoms with E-state index in [0.717, 1.165) is 12.1 Å². The van der Waals surface area contributed by atoms with Crippen LogP contribution in [0.25, 0.3) is 0 Å². The highest BCUT2D eigenvalue weighted by Gasteiger charge is 2.33. The summed E-state index contributed by atoms with van der Waals surface area (Å²) in [5, 5.41) is 2.81. The summed E-state index contributed by atoms with van der Waals surface area (Å²) in [6.45, 7) is 0.568. The second-order valence-electron chi connectivity index (χ2n) is 6.89. The van der Waals surface area contributed by atoms with Gasteiger partial charge in [0.2, 0.25) is 5.91 Å². The van der Waals surface area contributed by atoms with Crippen LogP contribution in [0.3, 0.4) is 0 Å². The molecule has 0 radical (unpaired) electrons. The van der Waals surface area contributed by atoms with Gasteiger partial charge in [-0.25, -0.2) is 0 Å². The first kappa shape index (κ1) is 20.7. The van der Waals surface area contributed by atoms with Crippen molar-refractivity contribution in [1.82, 2.24) is 4.90 Å². The quantitative estimate of drug-likeness (QED) is 0.828. The van der Waals surface area contributed by atoms with Crippen LogP contribution in [0.2, 0.25) is 0 Å². The highest BCUT2D eigenvalue weighted by molar-refractivity contribution is 5.96. The predicted molar refractivity (Wildman–Crippen MR) is 102 cm³/mol. The van der Waals surface area contributed by atoms with Crippen LogP contribution < -0.4 is 10.1 Å². The van der Waals surface area contributed by atoms with Crippen molar-refractivity contribution in [2.75, 3.05) is 25.5 Å². The molecule has 5 nitrogen and oxygen atoms in total. The molecule has 1 saturated heterocycles. The molecule has 1 aliphatic rings. The molecule has 2 aromatic carbocycles. The van der Waals surface area contributed by atoms with Gasteiger partial charge in [-0.05, 0) is 55.3 Å². The van der Waals surface area contributed by atoms with Gasteiger partial charge in [0.15, 0.2) is 0 Å². The lowest BCUT2D eigenvalue weighted by Gasteiger charge is -2.32. The van der Waals surface area contributed by atoms with Crippen molar-refractivity contribution in [3.63, 3.8) is 0 Å². The van der Waals surface area contributed by atoms with Gasteiger partial charge in [0, 0.05) is 24.3 Å². The van der Waals surface area contributed by atoms with Gasteiger partial charge in [-0.3, -0.25) is 9.59 Å². The molecule has 154 valence electrons. The number of ether oxygens (including phenoxy) is 1. The first-order chi connectivity index (χ1) is 13.8. The number of halogens is 3. The molecule has 1 N–H and O–H groups in total. The van der Waals surface area contributed by atoms with Crippen LogP contribution >= 0.6 is 0 Å². The average Bonchev–Trinajstić information content (AvgIpc) is 2.73. The van der Waals surface area contributed by atoms with Crippen LogP contribution in [0.15, 0.2) is 48.5 Å². The lowest BCUT2D eigenvalue weighted by molar-refractivity contribution is -0.137. The zero-order valence-electron chi connectivity index (χ0n) is 15.8. The van der Waals surface area contributed by atoms with E-state index in [0.29, 0.717) is 30.8 Å². The van der Waals surface area contributed by atoms with Crippen LogP contribution in [0, 0.1) is 5.92 Å². The Hall–Kier alpha value is -3.03. The van der Waals surface area contributed by atoms with Gasteiger partial charge in [-0.1, -0.05) is 6.07 Å². The monoisotopic (exact) mass is 406 g/mol. The molecule has 2 aromatic rings. The number of amides is 2. The number of carbonyl (C=O) groups excluding carboxylic acids is 2. The first-order valence-electron chi connectivity index (χ1n) is 9.19. The standard InChI is InChI=1S/C21H21F3N2O3/c1-29-18-9-7-17(8-10-18)25-19(27)15-5-3-11-26(13-15)20(28)14-4-2-6-16(12-14)21(22,23)24/h2,4,6-10,12,15H,3,5,11,13H2,1H3,(H,25,27)/t15-/m0/s1. The molecule has 3 rings (SSSR count).